The van der Waals surface area contributed by atoms with Crippen molar-refractivity contribution in [2.45, 2.75) is 38.1 Å². The first kappa shape index (κ1) is 14.4. The van der Waals surface area contributed by atoms with Crippen LogP contribution in [0.15, 0.2) is 30.3 Å². The second-order valence-corrected chi connectivity index (χ2v) is 4.86. The van der Waals surface area contributed by atoms with Crippen molar-refractivity contribution in [2.75, 3.05) is 6.61 Å². The van der Waals surface area contributed by atoms with E-state index >= 15 is 0 Å². The van der Waals surface area contributed by atoms with Crippen LogP contribution in [0.25, 0.3) is 0 Å². The van der Waals surface area contributed by atoms with Gasteiger partial charge in [-0.1, -0.05) is 37.3 Å². The standard InChI is InChI=1S/C14H20O5/c1-9-12(16)13(17)11(7-15)19-14(9)18-8-10-5-3-2-4-6-10/h2-6,9,11-17H,7-8H2,1H3/t9?,11?,12-,13-,14-/m1/s1. The second-order valence-electron chi connectivity index (χ2n) is 4.86. The van der Waals surface area contributed by atoms with E-state index in [1.165, 1.54) is 0 Å². The minimum atomic E-state index is -1.09. The van der Waals surface area contributed by atoms with Crippen molar-refractivity contribution in [3.8, 4) is 0 Å². The Morgan fingerprint density at radius 3 is 2.47 bits per heavy atom. The summed E-state index contributed by atoms with van der Waals surface area (Å²) in [6.45, 7) is 1.75. The maximum Gasteiger partial charge on any atom is 0.163 e. The molecule has 0 aliphatic carbocycles. The minimum Gasteiger partial charge on any atom is -0.394 e. The largest absolute Gasteiger partial charge is 0.394 e. The molecular weight excluding hydrogens is 248 g/mol. The Morgan fingerprint density at radius 1 is 1.16 bits per heavy atom. The van der Waals surface area contributed by atoms with Gasteiger partial charge in [-0.15, -0.1) is 0 Å². The molecule has 1 heterocycles. The molecule has 1 saturated heterocycles. The highest BCUT2D eigenvalue weighted by Gasteiger charge is 2.42. The molecule has 106 valence electrons. The van der Waals surface area contributed by atoms with Crippen molar-refractivity contribution in [3.05, 3.63) is 35.9 Å². The number of benzene rings is 1. The summed E-state index contributed by atoms with van der Waals surface area (Å²) in [6, 6.07) is 9.62. The maximum atomic E-state index is 9.89. The van der Waals surface area contributed by atoms with Gasteiger partial charge in [-0.3, -0.25) is 0 Å². The molecule has 5 atom stereocenters. The average molecular weight is 268 g/mol. The molecule has 0 amide bonds. The molecule has 2 rings (SSSR count). The van der Waals surface area contributed by atoms with E-state index in [1.54, 1.807) is 6.92 Å². The van der Waals surface area contributed by atoms with Gasteiger partial charge in [0, 0.05) is 5.92 Å². The summed E-state index contributed by atoms with van der Waals surface area (Å²) in [5, 5.41) is 28.7. The fourth-order valence-corrected chi connectivity index (χ4v) is 2.16. The molecule has 1 aliphatic rings. The second kappa shape index (κ2) is 6.45. The lowest BCUT2D eigenvalue weighted by Crippen LogP contribution is -2.55. The molecular formula is C14H20O5. The van der Waals surface area contributed by atoms with Gasteiger partial charge in [-0.2, -0.15) is 0 Å². The molecule has 0 bridgehead atoms. The number of ether oxygens (including phenoxy) is 2. The van der Waals surface area contributed by atoms with E-state index < -0.39 is 24.6 Å². The highest BCUT2D eigenvalue weighted by atomic mass is 16.7. The van der Waals surface area contributed by atoms with Gasteiger partial charge in [0.2, 0.25) is 0 Å². The van der Waals surface area contributed by atoms with Gasteiger partial charge < -0.3 is 24.8 Å². The van der Waals surface area contributed by atoms with E-state index in [0.29, 0.717) is 6.61 Å². The summed E-state index contributed by atoms with van der Waals surface area (Å²) in [5.74, 6) is -0.360. The van der Waals surface area contributed by atoms with Crippen molar-refractivity contribution in [1.82, 2.24) is 0 Å². The van der Waals surface area contributed by atoms with Crippen molar-refractivity contribution in [1.29, 1.82) is 0 Å². The molecule has 0 spiro atoms. The molecule has 3 N–H and O–H groups in total. The van der Waals surface area contributed by atoms with Crippen LogP contribution in [-0.4, -0.2) is 46.5 Å². The molecule has 1 aliphatic heterocycles. The number of hydrogen-bond donors (Lipinski definition) is 3. The van der Waals surface area contributed by atoms with Gasteiger partial charge in [0.25, 0.3) is 0 Å². The number of rotatable bonds is 4. The predicted molar refractivity (Wildman–Crippen MR) is 68.2 cm³/mol. The minimum absolute atomic E-state index is 0.351. The number of aliphatic hydroxyl groups excluding tert-OH is 3. The van der Waals surface area contributed by atoms with Gasteiger partial charge in [0.05, 0.1) is 19.3 Å². The lowest BCUT2D eigenvalue weighted by molar-refractivity contribution is -0.285. The van der Waals surface area contributed by atoms with E-state index in [0.717, 1.165) is 5.56 Å². The summed E-state index contributed by atoms with van der Waals surface area (Å²) in [7, 11) is 0. The predicted octanol–water partition coefficient (Wildman–Crippen LogP) is 0.278. The van der Waals surface area contributed by atoms with Crippen LogP contribution >= 0.6 is 0 Å². The molecule has 0 saturated carbocycles. The Balaban J connectivity index is 1.95. The fourth-order valence-electron chi connectivity index (χ4n) is 2.16. The zero-order chi connectivity index (χ0) is 13.8. The lowest BCUT2D eigenvalue weighted by atomic mass is 9.92. The van der Waals surface area contributed by atoms with Crippen LogP contribution in [0.2, 0.25) is 0 Å². The van der Waals surface area contributed by atoms with E-state index in [-0.39, 0.29) is 12.5 Å². The third-order valence-corrected chi connectivity index (χ3v) is 3.44. The molecule has 0 radical (unpaired) electrons. The van der Waals surface area contributed by atoms with Gasteiger partial charge in [0.15, 0.2) is 6.29 Å². The molecule has 5 heteroatoms. The van der Waals surface area contributed by atoms with E-state index in [4.69, 9.17) is 14.6 Å². The highest BCUT2D eigenvalue weighted by Crippen LogP contribution is 2.27. The first-order valence-corrected chi connectivity index (χ1v) is 6.41. The van der Waals surface area contributed by atoms with Crippen LogP contribution in [0.1, 0.15) is 12.5 Å². The first-order valence-electron chi connectivity index (χ1n) is 6.41. The maximum absolute atomic E-state index is 9.89. The molecule has 0 aromatic heterocycles. The average Bonchev–Trinajstić information content (AvgIpc) is 2.45. The lowest BCUT2D eigenvalue weighted by Gasteiger charge is -2.40. The van der Waals surface area contributed by atoms with Crippen LogP contribution in [0.4, 0.5) is 0 Å². The first-order chi connectivity index (χ1) is 9.13. The Bertz CT molecular complexity index is 381. The number of hydrogen-bond acceptors (Lipinski definition) is 5. The van der Waals surface area contributed by atoms with Gasteiger partial charge >= 0.3 is 0 Å². The monoisotopic (exact) mass is 268 g/mol. The molecule has 5 nitrogen and oxygen atoms in total. The van der Waals surface area contributed by atoms with Crippen LogP contribution in [-0.2, 0) is 16.1 Å². The Hall–Kier alpha value is -0.980. The van der Waals surface area contributed by atoms with Crippen molar-refractivity contribution in [2.24, 2.45) is 5.92 Å². The van der Waals surface area contributed by atoms with Gasteiger partial charge in [-0.25, -0.2) is 0 Å². The number of aliphatic hydroxyl groups is 3. The third kappa shape index (κ3) is 3.32. The quantitative estimate of drug-likeness (QED) is 0.731. The summed E-state index contributed by atoms with van der Waals surface area (Å²) in [4.78, 5) is 0. The van der Waals surface area contributed by atoms with Gasteiger partial charge in [0.1, 0.15) is 12.2 Å². The van der Waals surface area contributed by atoms with Crippen molar-refractivity contribution >= 4 is 0 Å². The fraction of sp³-hybridized carbons (Fsp3) is 0.571. The zero-order valence-electron chi connectivity index (χ0n) is 10.8. The van der Waals surface area contributed by atoms with Crippen LogP contribution < -0.4 is 0 Å². The molecule has 1 fully saturated rings. The Morgan fingerprint density at radius 2 is 1.84 bits per heavy atom. The Labute approximate surface area is 112 Å². The van der Waals surface area contributed by atoms with Crippen LogP contribution in [0.3, 0.4) is 0 Å². The topological polar surface area (TPSA) is 79.2 Å². The Kier molecular flexibility index (Phi) is 4.90. The van der Waals surface area contributed by atoms with Crippen LogP contribution in [0, 0.1) is 5.92 Å². The molecule has 19 heavy (non-hydrogen) atoms. The molecule has 1 aromatic rings. The SMILES string of the molecule is CC1[C@H](OCc2ccccc2)OC(CO)[C@@H](O)[C@@H]1O. The van der Waals surface area contributed by atoms with E-state index in [2.05, 4.69) is 0 Å². The van der Waals surface area contributed by atoms with Crippen molar-refractivity contribution < 1.29 is 24.8 Å². The summed E-state index contributed by atoms with van der Waals surface area (Å²) in [6.07, 6.45) is -3.51. The van der Waals surface area contributed by atoms with Gasteiger partial charge in [-0.05, 0) is 5.56 Å². The summed E-state index contributed by atoms with van der Waals surface area (Å²) in [5.41, 5.74) is 1.000. The van der Waals surface area contributed by atoms with Crippen molar-refractivity contribution in [3.63, 3.8) is 0 Å². The normalized spacial score (nSPS) is 35.3. The smallest absolute Gasteiger partial charge is 0.163 e. The highest BCUT2D eigenvalue weighted by molar-refractivity contribution is 5.13. The van der Waals surface area contributed by atoms with E-state index in [9.17, 15) is 10.2 Å². The molecule has 2 unspecified atom stereocenters. The zero-order valence-corrected chi connectivity index (χ0v) is 10.8. The van der Waals surface area contributed by atoms with Crippen LogP contribution in [0.5, 0.6) is 0 Å². The molecule has 1 aromatic carbocycles. The summed E-state index contributed by atoms with van der Waals surface area (Å²) < 4.78 is 11.1. The summed E-state index contributed by atoms with van der Waals surface area (Å²) >= 11 is 0. The third-order valence-electron chi connectivity index (χ3n) is 3.44. The van der Waals surface area contributed by atoms with E-state index in [1.807, 2.05) is 30.3 Å².